The quantitative estimate of drug-likeness (QED) is 0.668. The van der Waals surface area contributed by atoms with Crippen molar-refractivity contribution in [1.29, 1.82) is 0 Å². The van der Waals surface area contributed by atoms with Gasteiger partial charge in [-0.15, -0.1) is 0 Å². The van der Waals surface area contributed by atoms with Crippen LogP contribution < -0.4 is 4.74 Å². The normalized spacial score (nSPS) is 10.9. The number of carbonyl (C=O) groups is 1. The summed E-state index contributed by atoms with van der Waals surface area (Å²) in [5.41, 5.74) is 5.14. The molecule has 130 valence electrons. The Labute approximate surface area is 146 Å². The number of rotatable bonds is 5. The highest BCUT2D eigenvalue weighted by Crippen LogP contribution is 2.24. The molecule has 0 aliphatic heterocycles. The molecule has 25 heavy (non-hydrogen) atoms. The van der Waals surface area contributed by atoms with E-state index in [0.29, 0.717) is 6.61 Å². The molecule has 3 rings (SSSR count). The first-order chi connectivity index (χ1) is 12.0. The Balaban J connectivity index is 2.02. The number of carbonyl (C=O) groups excluding carboxylic acids is 1. The van der Waals surface area contributed by atoms with Gasteiger partial charge in [-0.2, -0.15) is 5.10 Å². The zero-order chi connectivity index (χ0) is 18.0. The monoisotopic (exact) mass is 339 g/mol. The first-order valence-electron chi connectivity index (χ1n) is 8.19. The van der Waals surface area contributed by atoms with E-state index in [9.17, 15) is 4.79 Å². The lowest BCUT2D eigenvalue weighted by molar-refractivity contribution is -0.142. The molecule has 0 saturated heterocycles. The van der Waals surface area contributed by atoms with Crippen molar-refractivity contribution in [3.8, 4) is 17.0 Å². The second kappa shape index (κ2) is 6.93. The molecule has 0 atom stereocenters. The standard InChI is InChI=1S/C19H21N3O3/c1-5-25-19(23)10-16-12(2)20-18-11-17(21-22(18)13(16)3)14-6-8-15(24-4)9-7-14/h6-9,11H,5,10H2,1-4H3. The summed E-state index contributed by atoms with van der Waals surface area (Å²) in [6.07, 6.45) is 0.201. The Morgan fingerprint density at radius 3 is 2.56 bits per heavy atom. The number of fused-ring (bicyclic) bond motifs is 1. The molecule has 2 heterocycles. The number of aromatic nitrogens is 3. The maximum Gasteiger partial charge on any atom is 0.310 e. The van der Waals surface area contributed by atoms with Crippen molar-refractivity contribution in [3.05, 3.63) is 47.3 Å². The summed E-state index contributed by atoms with van der Waals surface area (Å²) in [7, 11) is 1.64. The lowest BCUT2D eigenvalue weighted by Gasteiger charge is -2.10. The second-order valence-electron chi connectivity index (χ2n) is 5.77. The van der Waals surface area contributed by atoms with Gasteiger partial charge in [-0.1, -0.05) is 0 Å². The second-order valence-corrected chi connectivity index (χ2v) is 5.77. The maximum atomic E-state index is 11.8. The lowest BCUT2D eigenvalue weighted by Crippen LogP contribution is -2.13. The minimum atomic E-state index is -0.252. The highest BCUT2D eigenvalue weighted by Gasteiger charge is 2.16. The molecule has 1 aromatic carbocycles. The van der Waals surface area contributed by atoms with Gasteiger partial charge in [-0.05, 0) is 45.0 Å². The predicted octanol–water partition coefficient (Wildman–Crippen LogP) is 3.13. The van der Waals surface area contributed by atoms with Crippen molar-refractivity contribution < 1.29 is 14.3 Å². The summed E-state index contributed by atoms with van der Waals surface area (Å²) in [5.74, 6) is 0.548. The zero-order valence-electron chi connectivity index (χ0n) is 14.9. The summed E-state index contributed by atoms with van der Waals surface area (Å²) < 4.78 is 12.0. The molecule has 0 aliphatic rings. The van der Waals surface area contributed by atoms with Crippen LogP contribution in [0.15, 0.2) is 30.3 Å². The number of esters is 1. The molecule has 0 N–H and O–H groups in total. The van der Waals surface area contributed by atoms with Gasteiger partial charge in [0.2, 0.25) is 0 Å². The van der Waals surface area contributed by atoms with E-state index in [1.54, 1.807) is 18.5 Å². The minimum absolute atomic E-state index is 0.201. The van der Waals surface area contributed by atoms with Gasteiger partial charge >= 0.3 is 5.97 Å². The maximum absolute atomic E-state index is 11.8. The molecular weight excluding hydrogens is 318 g/mol. The molecule has 0 spiro atoms. The third kappa shape index (κ3) is 3.33. The fourth-order valence-electron chi connectivity index (χ4n) is 2.84. The summed E-state index contributed by atoms with van der Waals surface area (Å²) >= 11 is 0. The molecule has 3 aromatic rings. The first-order valence-corrected chi connectivity index (χ1v) is 8.19. The summed E-state index contributed by atoms with van der Waals surface area (Å²) in [6.45, 7) is 6.02. The molecule has 0 radical (unpaired) electrons. The van der Waals surface area contributed by atoms with E-state index < -0.39 is 0 Å². The minimum Gasteiger partial charge on any atom is -0.497 e. The molecule has 0 aliphatic carbocycles. The highest BCUT2D eigenvalue weighted by molar-refractivity contribution is 5.73. The van der Waals surface area contributed by atoms with E-state index in [1.165, 1.54) is 0 Å². The molecule has 6 nitrogen and oxygen atoms in total. The molecular formula is C19H21N3O3. The average Bonchev–Trinajstić information content (AvgIpc) is 3.03. The van der Waals surface area contributed by atoms with Gasteiger partial charge < -0.3 is 9.47 Å². The highest BCUT2D eigenvalue weighted by atomic mass is 16.5. The van der Waals surface area contributed by atoms with Crippen LogP contribution >= 0.6 is 0 Å². The number of nitrogens with zero attached hydrogens (tertiary/aromatic N) is 3. The van der Waals surface area contributed by atoms with Crippen LogP contribution in [0.5, 0.6) is 5.75 Å². The van der Waals surface area contributed by atoms with Crippen molar-refractivity contribution in [2.45, 2.75) is 27.2 Å². The van der Waals surface area contributed by atoms with Crippen molar-refractivity contribution >= 4 is 11.6 Å². The number of hydrogen-bond donors (Lipinski definition) is 0. The van der Waals surface area contributed by atoms with Crippen LogP contribution in [0.2, 0.25) is 0 Å². The van der Waals surface area contributed by atoms with Gasteiger partial charge in [0.1, 0.15) is 5.75 Å². The van der Waals surface area contributed by atoms with Crippen LogP contribution in [0.1, 0.15) is 23.9 Å². The number of ether oxygens (including phenoxy) is 2. The van der Waals surface area contributed by atoms with Crippen LogP contribution in [0.4, 0.5) is 0 Å². The molecule has 6 heteroatoms. The van der Waals surface area contributed by atoms with Crippen LogP contribution in [0.25, 0.3) is 16.9 Å². The summed E-state index contributed by atoms with van der Waals surface area (Å²) in [5, 5.41) is 4.65. The zero-order valence-corrected chi connectivity index (χ0v) is 14.9. The number of benzene rings is 1. The van der Waals surface area contributed by atoms with Gasteiger partial charge in [-0.3, -0.25) is 4.79 Å². The van der Waals surface area contributed by atoms with Gasteiger partial charge in [0.15, 0.2) is 5.65 Å². The SMILES string of the molecule is CCOC(=O)Cc1c(C)nc2cc(-c3ccc(OC)cc3)nn2c1C. The van der Waals surface area contributed by atoms with Crippen LogP contribution in [-0.4, -0.2) is 34.3 Å². The Hall–Kier alpha value is -2.89. The fourth-order valence-corrected chi connectivity index (χ4v) is 2.84. The van der Waals surface area contributed by atoms with Gasteiger partial charge in [-0.25, -0.2) is 9.50 Å². The summed E-state index contributed by atoms with van der Waals surface area (Å²) in [4.78, 5) is 16.4. The van der Waals surface area contributed by atoms with Crippen molar-refractivity contribution in [1.82, 2.24) is 14.6 Å². The largest absolute Gasteiger partial charge is 0.497 e. The lowest BCUT2D eigenvalue weighted by atomic mass is 10.1. The van der Waals surface area contributed by atoms with Crippen LogP contribution in [0, 0.1) is 13.8 Å². The molecule has 0 bridgehead atoms. The molecule has 2 aromatic heterocycles. The van der Waals surface area contributed by atoms with E-state index in [0.717, 1.165) is 39.6 Å². The molecule has 0 unspecified atom stereocenters. The van der Waals surface area contributed by atoms with E-state index in [2.05, 4.69) is 10.1 Å². The van der Waals surface area contributed by atoms with Crippen molar-refractivity contribution in [3.63, 3.8) is 0 Å². The molecule has 0 amide bonds. The topological polar surface area (TPSA) is 65.7 Å². The van der Waals surface area contributed by atoms with E-state index in [1.807, 2.05) is 44.2 Å². The first kappa shape index (κ1) is 17.0. The van der Waals surface area contributed by atoms with Crippen LogP contribution in [0.3, 0.4) is 0 Å². The Morgan fingerprint density at radius 2 is 1.92 bits per heavy atom. The Morgan fingerprint density at radius 1 is 1.20 bits per heavy atom. The third-order valence-corrected chi connectivity index (χ3v) is 4.18. The van der Waals surface area contributed by atoms with Gasteiger partial charge in [0.05, 0.1) is 25.8 Å². The predicted molar refractivity (Wildman–Crippen MR) is 94.8 cm³/mol. The van der Waals surface area contributed by atoms with Crippen molar-refractivity contribution in [2.24, 2.45) is 0 Å². The van der Waals surface area contributed by atoms with E-state index in [-0.39, 0.29) is 12.4 Å². The Bertz CT molecular complexity index is 914. The van der Waals surface area contributed by atoms with Gasteiger partial charge in [0.25, 0.3) is 0 Å². The molecule has 0 saturated carbocycles. The van der Waals surface area contributed by atoms with E-state index in [4.69, 9.17) is 9.47 Å². The third-order valence-electron chi connectivity index (χ3n) is 4.18. The smallest absolute Gasteiger partial charge is 0.310 e. The van der Waals surface area contributed by atoms with Crippen molar-refractivity contribution in [2.75, 3.05) is 13.7 Å². The number of methoxy groups -OCH3 is 1. The van der Waals surface area contributed by atoms with E-state index >= 15 is 0 Å². The van der Waals surface area contributed by atoms with Gasteiger partial charge in [0, 0.05) is 28.6 Å². The van der Waals surface area contributed by atoms with Crippen LogP contribution in [-0.2, 0) is 16.0 Å². The number of hydrogen-bond acceptors (Lipinski definition) is 5. The summed E-state index contributed by atoms with van der Waals surface area (Å²) in [6, 6.07) is 9.66. The Kier molecular flexibility index (Phi) is 4.70. The number of aryl methyl sites for hydroxylation is 2. The molecule has 0 fully saturated rings. The average molecular weight is 339 g/mol. The fraction of sp³-hybridized carbons (Fsp3) is 0.316.